The first-order valence-corrected chi connectivity index (χ1v) is 7.97. The van der Waals surface area contributed by atoms with Gasteiger partial charge in [0.25, 0.3) is 5.91 Å². The molecule has 2 aromatic rings. The quantitative estimate of drug-likeness (QED) is 0.926. The number of benzene rings is 2. The summed E-state index contributed by atoms with van der Waals surface area (Å²) in [5, 5.41) is 3.38. The maximum Gasteiger partial charge on any atom is 0.269 e. The number of para-hydroxylation sites is 2. The van der Waals surface area contributed by atoms with Crippen LogP contribution < -0.4 is 15.0 Å². The van der Waals surface area contributed by atoms with Gasteiger partial charge in [-0.3, -0.25) is 9.59 Å². The highest BCUT2D eigenvalue weighted by Gasteiger charge is 2.32. The van der Waals surface area contributed by atoms with Crippen molar-refractivity contribution < 1.29 is 14.3 Å². The summed E-state index contributed by atoms with van der Waals surface area (Å²) in [4.78, 5) is 25.9. The highest BCUT2D eigenvalue weighted by molar-refractivity contribution is 6.30. The number of rotatable bonds is 4. The zero-order valence-corrected chi connectivity index (χ0v) is 13.9. The van der Waals surface area contributed by atoms with Gasteiger partial charge in [-0.1, -0.05) is 35.9 Å². The van der Waals surface area contributed by atoms with E-state index in [0.29, 0.717) is 10.8 Å². The molecule has 1 unspecified atom stereocenters. The first kappa shape index (κ1) is 16.3. The van der Waals surface area contributed by atoms with Gasteiger partial charge in [0, 0.05) is 12.1 Å². The van der Waals surface area contributed by atoms with Crippen molar-refractivity contribution in [1.82, 2.24) is 5.32 Å². The van der Waals surface area contributed by atoms with Gasteiger partial charge in [-0.15, -0.1) is 0 Å². The monoisotopic (exact) mass is 344 g/mol. The van der Waals surface area contributed by atoms with Crippen molar-refractivity contribution in [2.75, 3.05) is 18.5 Å². The van der Waals surface area contributed by atoms with Crippen LogP contribution in [0.15, 0.2) is 48.5 Å². The zero-order chi connectivity index (χ0) is 17.1. The summed E-state index contributed by atoms with van der Waals surface area (Å²) in [7, 11) is 1.70. The summed E-state index contributed by atoms with van der Waals surface area (Å²) >= 11 is 5.82. The van der Waals surface area contributed by atoms with Crippen molar-refractivity contribution in [2.24, 2.45) is 0 Å². The second-order valence-corrected chi connectivity index (χ2v) is 6.02. The summed E-state index contributed by atoms with van der Waals surface area (Å²) < 4.78 is 5.71. The first-order chi connectivity index (χ1) is 11.5. The Bertz CT molecular complexity index is 761. The van der Waals surface area contributed by atoms with Gasteiger partial charge in [-0.2, -0.15) is 0 Å². The van der Waals surface area contributed by atoms with Gasteiger partial charge in [0.1, 0.15) is 5.75 Å². The van der Waals surface area contributed by atoms with Gasteiger partial charge in [0.2, 0.25) is 5.91 Å². The molecule has 24 heavy (non-hydrogen) atoms. The minimum absolute atomic E-state index is 0.129. The molecule has 0 radical (unpaired) electrons. The third kappa shape index (κ3) is 3.51. The van der Waals surface area contributed by atoms with Gasteiger partial charge in [-0.25, -0.2) is 0 Å². The van der Waals surface area contributed by atoms with Crippen LogP contribution in [-0.4, -0.2) is 31.5 Å². The van der Waals surface area contributed by atoms with Gasteiger partial charge in [0.05, 0.1) is 18.7 Å². The predicted octanol–water partition coefficient (Wildman–Crippen LogP) is 2.42. The first-order valence-electron chi connectivity index (χ1n) is 7.59. The van der Waals surface area contributed by atoms with Gasteiger partial charge in [-0.05, 0) is 29.8 Å². The fourth-order valence-electron chi connectivity index (χ4n) is 2.56. The minimum Gasteiger partial charge on any atom is -0.477 e. The van der Waals surface area contributed by atoms with E-state index >= 15 is 0 Å². The number of carbonyl (C=O) groups is 2. The summed E-state index contributed by atoms with van der Waals surface area (Å²) in [6, 6.07) is 14.4. The van der Waals surface area contributed by atoms with Crippen molar-refractivity contribution in [3.63, 3.8) is 0 Å². The summed E-state index contributed by atoms with van der Waals surface area (Å²) in [6.45, 7) is 0.129. The van der Waals surface area contributed by atoms with E-state index in [0.717, 1.165) is 11.3 Å². The Morgan fingerprint density at radius 1 is 1.21 bits per heavy atom. The van der Waals surface area contributed by atoms with Crippen molar-refractivity contribution in [2.45, 2.75) is 12.5 Å². The normalized spacial score (nSPS) is 16.3. The van der Waals surface area contributed by atoms with Crippen LogP contribution in [-0.2, 0) is 16.0 Å². The van der Waals surface area contributed by atoms with E-state index in [1.807, 2.05) is 18.2 Å². The summed E-state index contributed by atoms with van der Waals surface area (Å²) in [6.07, 6.45) is -0.496. The topological polar surface area (TPSA) is 58.6 Å². The molecule has 0 saturated heterocycles. The lowest BCUT2D eigenvalue weighted by Crippen LogP contribution is -2.49. The van der Waals surface area contributed by atoms with Crippen molar-refractivity contribution in [3.05, 3.63) is 59.1 Å². The van der Waals surface area contributed by atoms with Crippen LogP contribution in [0, 0.1) is 0 Å². The lowest BCUT2D eigenvalue weighted by Gasteiger charge is -2.31. The van der Waals surface area contributed by atoms with Crippen LogP contribution in [0.5, 0.6) is 5.75 Å². The molecular weight excluding hydrogens is 328 g/mol. The lowest BCUT2D eigenvalue weighted by atomic mass is 10.1. The smallest absolute Gasteiger partial charge is 0.269 e. The second-order valence-electron chi connectivity index (χ2n) is 5.58. The molecule has 0 fully saturated rings. The van der Waals surface area contributed by atoms with E-state index in [-0.39, 0.29) is 24.8 Å². The maximum absolute atomic E-state index is 12.3. The van der Waals surface area contributed by atoms with Gasteiger partial charge >= 0.3 is 0 Å². The number of anilines is 1. The molecule has 0 spiro atoms. The van der Waals surface area contributed by atoms with E-state index in [1.54, 1.807) is 42.3 Å². The number of ether oxygens (including phenoxy) is 1. The number of fused-ring (bicyclic) bond motifs is 1. The Balaban J connectivity index is 1.59. The Morgan fingerprint density at radius 2 is 1.92 bits per heavy atom. The third-order valence-corrected chi connectivity index (χ3v) is 4.12. The van der Waals surface area contributed by atoms with E-state index < -0.39 is 6.10 Å². The standard InChI is InChI=1S/C18H17ClN2O3/c1-21-14-4-2-3-5-15(14)24-16(18(21)23)11-20-17(22)10-12-6-8-13(19)9-7-12/h2-9,16H,10-11H2,1H3,(H,20,22). The van der Waals surface area contributed by atoms with Crippen molar-refractivity contribution in [1.29, 1.82) is 0 Å². The van der Waals surface area contributed by atoms with Crippen molar-refractivity contribution >= 4 is 29.1 Å². The van der Waals surface area contributed by atoms with E-state index in [2.05, 4.69) is 5.32 Å². The van der Waals surface area contributed by atoms with Crippen LogP contribution in [0.2, 0.25) is 5.02 Å². The highest BCUT2D eigenvalue weighted by Crippen LogP contribution is 2.32. The average Bonchev–Trinajstić information content (AvgIpc) is 2.59. The molecule has 1 aliphatic rings. The molecule has 1 heterocycles. The molecule has 1 atom stereocenters. The molecular formula is C18H17ClN2O3. The van der Waals surface area contributed by atoms with E-state index in [1.165, 1.54) is 0 Å². The van der Waals surface area contributed by atoms with Crippen LogP contribution in [0.4, 0.5) is 5.69 Å². The van der Waals surface area contributed by atoms with Gasteiger partial charge < -0.3 is 15.0 Å². The molecule has 5 nitrogen and oxygen atoms in total. The molecule has 1 aliphatic heterocycles. The fourth-order valence-corrected chi connectivity index (χ4v) is 2.68. The molecule has 0 saturated carbocycles. The number of nitrogens with zero attached hydrogens (tertiary/aromatic N) is 1. The minimum atomic E-state index is -0.723. The number of amides is 2. The SMILES string of the molecule is CN1C(=O)C(CNC(=O)Cc2ccc(Cl)cc2)Oc2ccccc21. The molecule has 1 N–H and O–H groups in total. The largest absolute Gasteiger partial charge is 0.477 e. The van der Waals surface area contributed by atoms with Crippen LogP contribution in [0.1, 0.15) is 5.56 Å². The maximum atomic E-state index is 12.3. The van der Waals surface area contributed by atoms with Gasteiger partial charge in [0.15, 0.2) is 6.10 Å². The van der Waals surface area contributed by atoms with Crippen LogP contribution in [0.3, 0.4) is 0 Å². The third-order valence-electron chi connectivity index (χ3n) is 3.86. The van der Waals surface area contributed by atoms with Crippen LogP contribution >= 0.6 is 11.6 Å². The molecule has 124 valence electrons. The predicted molar refractivity (Wildman–Crippen MR) is 92.4 cm³/mol. The fraction of sp³-hybridized carbons (Fsp3) is 0.222. The Morgan fingerprint density at radius 3 is 2.67 bits per heavy atom. The Labute approximate surface area is 145 Å². The Hall–Kier alpha value is -2.53. The molecule has 2 amide bonds. The van der Waals surface area contributed by atoms with Crippen LogP contribution in [0.25, 0.3) is 0 Å². The number of nitrogens with one attached hydrogen (secondary N) is 1. The molecule has 0 bridgehead atoms. The number of likely N-dealkylation sites (N-methyl/N-ethyl adjacent to an activating group) is 1. The number of hydrogen-bond donors (Lipinski definition) is 1. The molecule has 0 aromatic heterocycles. The molecule has 0 aliphatic carbocycles. The average molecular weight is 345 g/mol. The zero-order valence-electron chi connectivity index (χ0n) is 13.2. The Kier molecular flexibility index (Phi) is 4.71. The lowest BCUT2D eigenvalue weighted by molar-refractivity contribution is -0.126. The molecule has 6 heteroatoms. The highest BCUT2D eigenvalue weighted by atomic mass is 35.5. The molecule has 3 rings (SSSR count). The summed E-state index contributed by atoms with van der Waals surface area (Å²) in [5.74, 6) is 0.285. The van der Waals surface area contributed by atoms with E-state index in [4.69, 9.17) is 16.3 Å². The van der Waals surface area contributed by atoms with E-state index in [9.17, 15) is 9.59 Å². The number of carbonyl (C=O) groups excluding carboxylic acids is 2. The number of halogens is 1. The summed E-state index contributed by atoms with van der Waals surface area (Å²) in [5.41, 5.74) is 1.58. The second kappa shape index (κ2) is 6.93. The molecule has 2 aromatic carbocycles. The van der Waals surface area contributed by atoms with Crippen molar-refractivity contribution in [3.8, 4) is 5.75 Å². The number of hydrogen-bond acceptors (Lipinski definition) is 3.